The minimum atomic E-state index is -1.16. The standard InChI is InChI=1S/C22H34N2O6/c1-5-8-14(4)23(11-6-2)19(27)17-22-10-9-21(7-3,30-22)16(20(28)29)15(22)18(26)24(17)12-13-25/h6,14-17,25H,2,5,7-13H2,1,3-4H3,(H,28,29)/t14?,15-,16+,17?,21-,22?/m0/s1. The molecule has 2 amide bonds. The van der Waals surface area contributed by atoms with Crippen molar-refractivity contribution < 1.29 is 29.3 Å². The molecular formula is C22H34N2O6. The van der Waals surface area contributed by atoms with E-state index in [4.69, 9.17) is 4.74 Å². The van der Waals surface area contributed by atoms with E-state index in [0.717, 1.165) is 12.8 Å². The molecule has 2 bridgehead atoms. The molecule has 0 aromatic carbocycles. The number of carboxylic acids is 1. The number of hydrogen-bond acceptors (Lipinski definition) is 5. The molecule has 2 N–H and O–H groups in total. The summed E-state index contributed by atoms with van der Waals surface area (Å²) in [5.41, 5.74) is -2.08. The van der Waals surface area contributed by atoms with Crippen molar-refractivity contribution >= 4 is 17.8 Å². The maximum absolute atomic E-state index is 13.9. The third-order valence-electron chi connectivity index (χ3n) is 7.37. The minimum Gasteiger partial charge on any atom is -0.481 e. The van der Waals surface area contributed by atoms with Gasteiger partial charge in [-0.05, 0) is 32.6 Å². The maximum Gasteiger partial charge on any atom is 0.310 e. The number of carboxylic acid groups (broad SMARTS) is 1. The smallest absolute Gasteiger partial charge is 0.310 e. The van der Waals surface area contributed by atoms with E-state index >= 15 is 0 Å². The molecule has 8 heteroatoms. The van der Waals surface area contributed by atoms with E-state index in [0.29, 0.717) is 25.8 Å². The van der Waals surface area contributed by atoms with Crippen LogP contribution < -0.4 is 0 Å². The molecule has 1 spiro atoms. The van der Waals surface area contributed by atoms with E-state index < -0.39 is 41.0 Å². The molecule has 3 aliphatic heterocycles. The fourth-order valence-corrected chi connectivity index (χ4v) is 6.08. The number of ether oxygens (including phenoxy) is 1. The number of carbonyl (C=O) groups excluding carboxylic acids is 2. The molecule has 0 saturated carbocycles. The molecule has 3 saturated heterocycles. The lowest BCUT2D eigenvalue weighted by Gasteiger charge is -2.38. The zero-order valence-corrected chi connectivity index (χ0v) is 18.2. The van der Waals surface area contributed by atoms with E-state index in [1.807, 2.05) is 20.8 Å². The quantitative estimate of drug-likeness (QED) is 0.516. The van der Waals surface area contributed by atoms with Crippen molar-refractivity contribution in [3.05, 3.63) is 12.7 Å². The second-order valence-corrected chi connectivity index (χ2v) is 8.84. The highest BCUT2D eigenvalue weighted by Gasteiger charge is 2.79. The van der Waals surface area contributed by atoms with E-state index in [2.05, 4.69) is 6.58 Å². The van der Waals surface area contributed by atoms with Crippen molar-refractivity contribution in [3.63, 3.8) is 0 Å². The lowest BCUT2D eigenvalue weighted by atomic mass is 9.65. The summed E-state index contributed by atoms with van der Waals surface area (Å²) in [4.78, 5) is 42.5. The third-order valence-corrected chi connectivity index (χ3v) is 7.37. The molecule has 30 heavy (non-hydrogen) atoms. The van der Waals surface area contributed by atoms with Crippen LogP contribution in [0.1, 0.15) is 52.9 Å². The van der Waals surface area contributed by atoms with Crippen LogP contribution in [0.3, 0.4) is 0 Å². The van der Waals surface area contributed by atoms with Gasteiger partial charge in [-0.3, -0.25) is 14.4 Å². The molecule has 3 rings (SSSR count). The number of β-amino-alcohol motifs (C(OH)–C–C–N with tert-alkyl or cyclic N) is 1. The molecule has 3 fully saturated rings. The van der Waals surface area contributed by atoms with Crippen molar-refractivity contribution in [3.8, 4) is 0 Å². The molecule has 168 valence electrons. The second-order valence-electron chi connectivity index (χ2n) is 8.84. The van der Waals surface area contributed by atoms with Gasteiger partial charge >= 0.3 is 5.97 Å². The Morgan fingerprint density at radius 3 is 2.63 bits per heavy atom. The van der Waals surface area contributed by atoms with Gasteiger partial charge in [-0.15, -0.1) is 6.58 Å². The van der Waals surface area contributed by atoms with Crippen LogP contribution in [0, 0.1) is 11.8 Å². The maximum atomic E-state index is 13.9. The Morgan fingerprint density at radius 2 is 2.10 bits per heavy atom. The average Bonchev–Trinajstić information content (AvgIpc) is 3.30. The zero-order valence-electron chi connectivity index (χ0n) is 18.2. The first-order chi connectivity index (χ1) is 14.2. The van der Waals surface area contributed by atoms with Gasteiger partial charge in [0.25, 0.3) is 0 Å². The number of carbonyl (C=O) groups is 3. The van der Waals surface area contributed by atoms with Crippen LogP contribution in [0.25, 0.3) is 0 Å². The van der Waals surface area contributed by atoms with Gasteiger partial charge in [0.1, 0.15) is 17.6 Å². The highest BCUT2D eigenvalue weighted by molar-refractivity contribution is 5.98. The topological polar surface area (TPSA) is 107 Å². The summed E-state index contributed by atoms with van der Waals surface area (Å²) < 4.78 is 6.45. The number of rotatable bonds is 10. The summed E-state index contributed by atoms with van der Waals surface area (Å²) in [7, 11) is 0. The summed E-state index contributed by atoms with van der Waals surface area (Å²) in [6.45, 7) is 9.66. The first-order valence-electron chi connectivity index (χ1n) is 11.0. The number of aliphatic hydroxyl groups excluding tert-OH is 1. The molecular weight excluding hydrogens is 388 g/mol. The van der Waals surface area contributed by atoms with E-state index in [1.54, 1.807) is 11.0 Å². The van der Waals surface area contributed by atoms with Crippen LogP contribution in [0.2, 0.25) is 0 Å². The van der Waals surface area contributed by atoms with Gasteiger partial charge in [0, 0.05) is 19.1 Å². The fraction of sp³-hybridized carbons (Fsp3) is 0.773. The summed E-state index contributed by atoms with van der Waals surface area (Å²) >= 11 is 0. The van der Waals surface area contributed by atoms with Crippen molar-refractivity contribution in [2.24, 2.45) is 11.8 Å². The molecule has 3 unspecified atom stereocenters. The fourth-order valence-electron chi connectivity index (χ4n) is 6.08. The molecule has 0 aliphatic carbocycles. The molecule has 0 aromatic rings. The number of hydrogen-bond donors (Lipinski definition) is 2. The normalized spacial score (nSPS) is 35.4. The molecule has 0 radical (unpaired) electrons. The van der Waals surface area contributed by atoms with E-state index in [9.17, 15) is 24.6 Å². The van der Waals surface area contributed by atoms with Crippen LogP contribution in [0.4, 0.5) is 0 Å². The van der Waals surface area contributed by atoms with Crippen molar-refractivity contribution in [2.75, 3.05) is 19.7 Å². The van der Waals surface area contributed by atoms with Gasteiger partial charge in [0.15, 0.2) is 0 Å². The molecule has 3 aliphatic rings. The van der Waals surface area contributed by atoms with Crippen LogP contribution in [-0.4, -0.2) is 80.8 Å². The van der Waals surface area contributed by atoms with Crippen LogP contribution in [0.5, 0.6) is 0 Å². The number of amides is 2. The Hall–Kier alpha value is -1.93. The van der Waals surface area contributed by atoms with Crippen molar-refractivity contribution in [2.45, 2.75) is 76.2 Å². The summed E-state index contributed by atoms with van der Waals surface area (Å²) in [6.07, 6.45) is 4.80. The number of likely N-dealkylation sites (tertiary alicyclic amines) is 1. The molecule has 3 heterocycles. The van der Waals surface area contributed by atoms with E-state index in [1.165, 1.54) is 4.90 Å². The van der Waals surface area contributed by atoms with Crippen LogP contribution in [-0.2, 0) is 19.1 Å². The predicted molar refractivity (Wildman–Crippen MR) is 110 cm³/mol. The molecule has 0 aromatic heterocycles. The monoisotopic (exact) mass is 422 g/mol. The van der Waals surface area contributed by atoms with Gasteiger partial charge in [-0.2, -0.15) is 0 Å². The number of nitrogens with zero attached hydrogens (tertiary/aromatic N) is 2. The Labute approximate surface area is 177 Å². The van der Waals surface area contributed by atoms with Gasteiger partial charge in [0.05, 0.1) is 18.1 Å². The summed E-state index contributed by atoms with van der Waals surface area (Å²) in [6, 6.07) is -0.991. The minimum absolute atomic E-state index is 0.0214. The van der Waals surface area contributed by atoms with Crippen molar-refractivity contribution in [1.82, 2.24) is 9.80 Å². The van der Waals surface area contributed by atoms with Gasteiger partial charge in [-0.1, -0.05) is 26.3 Å². The Balaban J connectivity index is 2.08. The molecule has 6 atom stereocenters. The highest BCUT2D eigenvalue weighted by atomic mass is 16.5. The predicted octanol–water partition coefficient (Wildman–Crippen LogP) is 1.42. The Bertz CT molecular complexity index is 726. The first-order valence-corrected chi connectivity index (χ1v) is 11.0. The van der Waals surface area contributed by atoms with Crippen molar-refractivity contribution in [1.29, 1.82) is 0 Å². The number of aliphatic hydroxyl groups is 1. The average molecular weight is 423 g/mol. The SMILES string of the molecule is C=CCN(C(=O)C1N(CCO)C(=O)[C@@H]2[C@H](C(=O)O)[C@]3(CC)CCC12O3)C(C)CCC. The lowest BCUT2D eigenvalue weighted by Crippen LogP contribution is -2.58. The largest absolute Gasteiger partial charge is 0.481 e. The van der Waals surface area contributed by atoms with Gasteiger partial charge < -0.3 is 24.7 Å². The van der Waals surface area contributed by atoms with Gasteiger partial charge in [0.2, 0.25) is 11.8 Å². The zero-order chi connectivity index (χ0) is 22.3. The lowest BCUT2D eigenvalue weighted by molar-refractivity contribution is -0.158. The van der Waals surface area contributed by atoms with E-state index in [-0.39, 0.29) is 25.1 Å². The molecule has 8 nitrogen and oxygen atoms in total. The highest BCUT2D eigenvalue weighted by Crippen LogP contribution is 2.64. The summed E-state index contributed by atoms with van der Waals surface area (Å²) in [5.74, 6) is -3.60. The van der Waals surface area contributed by atoms with Crippen LogP contribution >= 0.6 is 0 Å². The number of fused-ring (bicyclic) bond motifs is 1. The summed E-state index contributed by atoms with van der Waals surface area (Å²) in [5, 5.41) is 19.6. The Kier molecular flexibility index (Phi) is 6.30. The second kappa shape index (κ2) is 8.30. The van der Waals surface area contributed by atoms with Gasteiger partial charge in [-0.25, -0.2) is 0 Å². The Morgan fingerprint density at radius 1 is 1.40 bits per heavy atom. The van der Waals surface area contributed by atoms with Crippen LogP contribution in [0.15, 0.2) is 12.7 Å². The number of aliphatic carboxylic acids is 1. The first kappa shape index (κ1) is 22.7. The third kappa shape index (κ3) is 3.07.